The molecule has 0 atom stereocenters. The van der Waals surface area contributed by atoms with Crippen LogP contribution in [0.25, 0.3) is 10.8 Å². The summed E-state index contributed by atoms with van der Waals surface area (Å²) in [5, 5.41) is 22.6. The zero-order valence-corrected chi connectivity index (χ0v) is 34.6. The molecule has 0 aliphatic rings. The molecular weight excluding hydrogens is 759 g/mol. The molecule has 0 radical (unpaired) electrons. The zero-order valence-electron chi connectivity index (χ0n) is 25.4. The van der Waals surface area contributed by atoms with Gasteiger partial charge in [-0.3, -0.25) is 0 Å². The van der Waals surface area contributed by atoms with Gasteiger partial charge in [0.15, 0.2) is 5.75 Å². The van der Waals surface area contributed by atoms with Gasteiger partial charge in [-0.25, -0.2) is 25.3 Å². The molecule has 0 saturated carbocycles. The molecule has 24 heteroatoms. The molecule has 49 heavy (non-hydrogen) atoms. The third-order valence-corrected chi connectivity index (χ3v) is 8.67. The van der Waals surface area contributed by atoms with Crippen LogP contribution in [0.15, 0.2) is 97.7 Å². The second-order valence-corrected chi connectivity index (χ2v) is 13.5. The van der Waals surface area contributed by atoms with E-state index in [9.17, 15) is 44.0 Å². The van der Waals surface area contributed by atoms with Crippen LogP contribution in [-0.2, 0) is 30.4 Å². The van der Waals surface area contributed by atoms with Crippen LogP contribution in [0.4, 0.5) is 34.6 Å². The average Bonchev–Trinajstić information content (AvgIpc) is 2.95. The maximum Gasteiger partial charge on any atom is 1.00 e. The summed E-state index contributed by atoms with van der Waals surface area (Å²) in [7, 11) is -15.8. The predicted octanol–water partition coefficient (Wildman–Crippen LogP) is -4.99. The first-order chi connectivity index (χ1) is 21.5. The van der Waals surface area contributed by atoms with Crippen LogP contribution in [0.3, 0.4) is 0 Å². The van der Waals surface area contributed by atoms with Gasteiger partial charge in [-0.05, 0) is 59.5 Å². The first-order valence-electron chi connectivity index (χ1n) is 12.2. The zero-order chi connectivity index (χ0) is 33.4. The van der Waals surface area contributed by atoms with E-state index in [0.29, 0.717) is 17.8 Å². The van der Waals surface area contributed by atoms with E-state index in [1.165, 1.54) is 12.1 Å². The van der Waals surface area contributed by atoms with E-state index in [0.717, 1.165) is 18.2 Å². The van der Waals surface area contributed by atoms with Gasteiger partial charge in [0.1, 0.15) is 41.7 Å². The number of para-hydroxylation sites is 1. The van der Waals surface area contributed by atoms with Crippen LogP contribution in [0.2, 0.25) is 5.28 Å². The number of phenols is 1. The molecule has 1 heterocycles. The van der Waals surface area contributed by atoms with Gasteiger partial charge in [-0.2, -0.15) is 15.0 Å². The largest absolute Gasteiger partial charge is 1.00 e. The summed E-state index contributed by atoms with van der Waals surface area (Å²) in [6.07, 6.45) is 0. The number of aromatic nitrogens is 3. The number of fused-ring (bicyclic) bond motifs is 1. The fraction of sp³-hybridized carbons (Fsp3) is 0. The molecule has 1 aromatic heterocycles. The molecule has 0 aliphatic carbocycles. The molecule has 0 saturated heterocycles. The maximum absolute atomic E-state index is 12.2. The predicted molar refractivity (Wildman–Crippen MR) is 158 cm³/mol. The molecule has 4 aromatic carbocycles. The van der Waals surface area contributed by atoms with E-state index in [-0.39, 0.29) is 106 Å². The molecule has 238 valence electrons. The molecule has 0 bridgehead atoms. The van der Waals surface area contributed by atoms with Crippen molar-refractivity contribution in [1.82, 2.24) is 15.0 Å². The second-order valence-electron chi connectivity index (χ2n) is 9.04. The number of nitrogens with one attached hydrogen (secondary N) is 2. The van der Waals surface area contributed by atoms with Gasteiger partial charge in [-0.15, -0.1) is 10.2 Å². The summed E-state index contributed by atoms with van der Waals surface area (Å²) in [6, 6.07) is 15.1. The fourth-order valence-electron chi connectivity index (χ4n) is 4.08. The van der Waals surface area contributed by atoms with Crippen LogP contribution >= 0.6 is 11.6 Å². The van der Waals surface area contributed by atoms with E-state index in [4.69, 9.17) is 11.6 Å². The van der Waals surface area contributed by atoms with Crippen LogP contribution in [0, 0.1) is 0 Å². The fourth-order valence-corrected chi connectivity index (χ4v) is 6.03. The summed E-state index contributed by atoms with van der Waals surface area (Å²) in [4.78, 5) is 8.98. The first-order valence-corrected chi connectivity index (χ1v) is 16.8. The third-order valence-electron chi connectivity index (χ3n) is 5.96. The summed E-state index contributed by atoms with van der Waals surface area (Å²) < 4.78 is 108. The molecule has 5 aromatic rings. The minimum absolute atomic E-state index is 0. The van der Waals surface area contributed by atoms with Gasteiger partial charge in [0, 0.05) is 11.1 Å². The van der Waals surface area contributed by atoms with Crippen LogP contribution in [0.5, 0.6) is 5.75 Å². The third kappa shape index (κ3) is 10.6. The van der Waals surface area contributed by atoms with Gasteiger partial charge in [0.05, 0.1) is 20.4 Å². The van der Waals surface area contributed by atoms with E-state index < -0.39 is 78.6 Å². The van der Waals surface area contributed by atoms with Crippen molar-refractivity contribution in [3.8, 4) is 5.75 Å². The number of phenolic OH excluding ortho intramolecular Hbond substituents is 1. The first kappa shape index (κ1) is 43.3. The van der Waals surface area contributed by atoms with Gasteiger partial charge < -0.3 is 29.4 Å². The van der Waals surface area contributed by atoms with Gasteiger partial charge in [0.25, 0.3) is 0 Å². The van der Waals surface area contributed by atoms with Crippen molar-refractivity contribution in [3.05, 3.63) is 78.1 Å². The Morgan fingerprint density at radius 3 is 1.84 bits per heavy atom. The average molecular weight is 774 g/mol. The van der Waals surface area contributed by atoms with Crippen molar-refractivity contribution in [1.29, 1.82) is 0 Å². The molecule has 17 nitrogen and oxygen atoms in total. The quantitative estimate of drug-likeness (QED) is 0.0719. The minimum atomic E-state index is -5.50. The Morgan fingerprint density at radius 1 is 0.673 bits per heavy atom. The Kier molecular flexibility index (Phi) is 15.1. The van der Waals surface area contributed by atoms with E-state index in [1.54, 1.807) is 30.3 Å². The summed E-state index contributed by atoms with van der Waals surface area (Å²) in [5.41, 5.74) is -1.44. The molecule has 0 fully saturated rings. The Balaban J connectivity index is 0.00000278. The van der Waals surface area contributed by atoms with Crippen molar-refractivity contribution in [2.45, 2.75) is 14.7 Å². The van der Waals surface area contributed by atoms with Crippen molar-refractivity contribution in [3.63, 3.8) is 0 Å². The summed E-state index contributed by atoms with van der Waals surface area (Å²) in [6.45, 7) is 0. The van der Waals surface area contributed by atoms with E-state index in [1.807, 2.05) is 0 Å². The number of hydrogen-bond acceptors (Lipinski definition) is 17. The minimum Gasteiger partial charge on any atom is -0.744 e. The number of rotatable bonds is 9. The second kappa shape index (κ2) is 17.1. The number of benzene rings is 4. The summed E-state index contributed by atoms with van der Waals surface area (Å²) in [5.74, 6) is -1.52. The normalized spacial score (nSPS) is 11.7. The topological polar surface area (TPSA) is 279 Å². The number of halogens is 1. The standard InChI is InChI=1S/C25H18ClN7O10S3.3Na/c26-23-29-24(27-14-6-2-1-3-7-14)31-25(30-23)28-17-12-15(44(35,36)37)10-13-11-19(46(41,42)43)21(22(34)20(13)17)33-32-16-8-4-5-9-18(16)45(38,39)40;;;/h1-12,34H,(H,35,36,37)(H,38,39,40)(H,41,42,43)(H2,27,28,29,30,31);;;/q;3*+1/p-3/b33-32+;;;. The maximum atomic E-state index is 12.2. The van der Waals surface area contributed by atoms with Crippen LogP contribution in [0.1, 0.15) is 0 Å². The molecule has 5 rings (SSSR count). The smallest absolute Gasteiger partial charge is 0.744 e. The van der Waals surface area contributed by atoms with Gasteiger partial charge in [0.2, 0.25) is 17.2 Å². The molecule has 0 spiro atoms. The van der Waals surface area contributed by atoms with Gasteiger partial charge >= 0.3 is 88.7 Å². The Bertz CT molecular complexity index is 2390. The molecule has 3 N–H and O–H groups in total. The number of azo groups is 1. The van der Waals surface area contributed by atoms with E-state index >= 15 is 0 Å². The molecule has 0 unspecified atom stereocenters. The van der Waals surface area contributed by atoms with Gasteiger partial charge in [-0.1, -0.05) is 30.3 Å². The number of hydrogen-bond donors (Lipinski definition) is 3. The van der Waals surface area contributed by atoms with Crippen molar-refractivity contribution < 1.29 is 133 Å². The Labute approximate surface area is 350 Å². The van der Waals surface area contributed by atoms with Crippen LogP contribution < -0.4 is 99.3 Å². The number of anilines is 4. The number of nitrogens with zero attached hydrogens (tertiary/aromatic N) is 5. The van der Waals surface area contributed by atoms with Crippen molar-refractivity contribution in [2.24, 2.45) is 10.2 Å². The van der Waals surface area contributed by atoms with Crippen molar-refractivity contribution >= 4 is 87.4 Å². The van der Waals surface area contributed by atoms with Crippen molar-refractivity contribution in [2.75, 3.05) is 10.6 Å². The molecular formula is C25H15ClN7Na3O10S3. The summed E-state index contributed by atoms with van der Waals surface area (Å²) >= 11 is 6.04. The van der Waals surface area contributed by atoms with E-state index in [2.05, 4.69) is 35.8 Å². The SMILES string of the molecule is O=S(=O)([O-])c1cc(Nc2nc(Cl)nc(Nc3ccccc3)n2)c2c(O)c(/N=N/c3ccccc3S(=O)(=O)[O-])c(S(=O)(=O)[O-])cc2c1.[Na+].[Na+].[Na+]. The molecule has 0 aliphatic heterocycles. The Hall–Kier alpha value is -1.83. The molecule has 0 amide bonds. The van der Waals surface area contributed by atoms with Crippen LogP contribution in [-0.4, -0.2) is 59.0 Å². The number of aromatic hydroxyl groups is 1. The Morgan fingerprint density at radius 2 is 1.24 bits per heavy atom. The monoisotopic (exact) mass is 773 g/mol.